The van der Waals surface area contributed by atoms with Crippen molar-refractivity contribution in [2.75, 3.05) is 14.2 Å². The zero-order valence-electron chi connectivity index (χ0n) is 13.9. The Morgan fingerprint density at radius 3 is 2.50 bits per heavy atom. The van der Waals surface area contributed by atoms with E-state index in [-0.39, 0.29) is 22.2 Å². The van der Waals surface area contributed by atoms with Gasteiger partial charge in [0.15, 0.2) is 0 Å². The average Bonchev–Trinajstić information content (AvgIpc) is 2.55. The fraction of sp³-hybridized carbons (Fsp3) is 0.412. The standard InChI is InChI=1S/C17H19ClFNO4/c1-8-12(16(21)23-3)14(10-6-5-7-11(18)15(10)19)13(9(2)20-8)17(22)24-4/h5-8,12,14,20H,1-4H3. The molecule has 0 radical (unpaired) electrons. The summed E-state index contributed by atoms with van der Waals surface area (Å²) >= 11 is 5.89. The van der Waals surface area contributed by atoms with Crippen LogP contribution in [0, 0.1) is 11.7 Å². The van der Waals surface area contributed by atoms with Gasteiger partial charge in [-0.2, -0.15) is 0 Å². The summed E-state index contributed by atoms with van der Waals surface area (Å²) in [6, 6.07) is 4.13. The fourth-order valence-corrected chi connectivity index (χ4v) is 3.37. The molecule has 3 unspecified atom stereocenters. The molecule has 0 aliphatic carbocycles. The largest absolute Gasteiger partial charge is 0.469 e. The van der Waals surface area contributed by atoms with Gasteiger partial charge in [0.25, 0.3) is 0 Å². The van der Waals surface area contributed by atoms with Crippen molar-refractivity contribution < 1.29 is 23.5 Å². The molecular weight excluding hydrogens is 337 g/mol. The van der Waals surface area contributed by atoms with E-state index in [1.54, 1.807) is 19.9 Å². The van der Waals surface area contributed by atoms with Gasteiger partial charge in [0, 0.05) is 17.7 Å². The number of rotatable bonds is 3. The minimum Gasteiger partial charge on any atom is -0.469 e. The second-order valence-corrected chi connectivity index (χ2v) is 6.04. The normalized spacial score (nSPS) is 23.5. The number of carbonyl (C=O) groups excluding carboxylic acids is 2. The smallest absolute Gasteiger partial charge is 0.336 e. The highest BCUT2D eigenvalue weighted by atomic mass is 35.5. The molecule has 0 amide bonds. The number of hydrogen-bond donors (Lipinski definition) is 1. The van der Waals surface area contributed by atoms with Crippen LogP contribution in [0.1, 0.15) is 25.3 Å². The molecule has 1 aromatic rings. The zero-order chi connectivity index (χ0) is 18.0. The lowest BCUT2D eigenvalue weighted by Crippen LogP contribution is -2.47. The number of hydrogen-bond acceptors (Lipinski definition) is 5. The van der Waals surface area contributed by atoms with Crippen LogP contribution in [0.2, 0.25) is 5.02 Å². The topological polar surface area (TPSA) is 64.6 Å². The highest BCUT2D eigenvalue weighted by molar-refractivity contribution is 6.30. The predicted molar refractivity (Wildman–Crippen MR) is 87.0 cm³/mol. The van der Waals surface area contributed by atoms with Crippen molar-refractivity contribution >= 4 is 23.5 Å². The van der Waals surface area contributed by atoms with E-state index >= 15 is 0 Å². The predicted octanol–water partition coefficient (Wildman–Crippen LogP) is 2.79. The maximum atomic E-state index is 14.6. The van der Waals surface area contributed by atoms with Crippen molar-refractivity contribution in [3.05, 3.63) is 45.9 Å². The van der Waals surface area contributed by atoms with Crippen LogP contribution < -0.4 is 5.32 Å². The Bertz CT molecular complexity index is 704. The highest BCUT2D eigenvalue weighted by Gasteiger charge is 2.45. The second kappa shape index (κ2) is 7.21. The molecule has 0 aromatic heterocycles. The van der Waals surface area contributed by atoms with Crippen LogP contribution in [-0.4, -0.2) is 32.2 Å². The molecule has 0 fully saturated rings. The van der Waals surface area contributed by atoms with E-state index in [0.29, 0.717) is 5.70 Å². The number of nitrogens with one attached hydrogen (secondary N) is 1. The third-order valence-corrected chi connectivity index (χ3v) is 4.54. The maximum Gasteiger partial charge on any atom is 0.336 e. The molecule has 1 N–H and O–H groups in total. The molecule has 3 atom stereocenters. The van der Waals surface area contributed by atoms with E-state index in [1.165, 1.54) is 26.4 Å². The molecule has 130 valence electrons. The van der Waals surface area contributed by atoms with Crippen LogP contribution in [0.15, 0.2) is 29.5 Å². The zero-order valence-corrected chi connectivity index (χ0v) is 14.6. The minimum absolute atomic E-state index is 0.0795. The Morgan fingerprint density at radius 1 is 1.25 bits per heavy atom. The molecular formula is C17H19ClFNO4. The lowest BCUT2D eigenvalue weighted by molar-refractivity contribution is -0.147. The number of esters is 2. The Balaban J connectivity index is 2.72. The van der Waals surface area contributed by atoms with Gasteiger partial charge in [-0.25, -0.2) is 9.18 Å². The summed E-state index contributed by atoms with van der Waals surface area (Å²) in [7, 11) is 2.49. The third kappa shape index (κ3) is 3.11. The molecule has 0 saturated carbocycles. The van der Waals surface area contributed by atoms with Crippen molar-refractivity contribution in [1.29, 1.82) is 0 Å². The van der Waals surface area contributed by atoms with E-state index in [2.05, 4.69) is 5.32 Å². The van der Waals surface area contributed by atoms with Crippen molar-refractivity contribution in [2.45, 2.75) is 25.8 Å². The van der Waals surface area contributed by atoms with E-state index in [4.69, 9.17) is 21.1 Å². The summed E-state index contributed by atoms with van der Waals surface area (Å²) in [5, 5.41) is 2.99. The molecule has 2 rings (SSSR count). The number of halogens is 2. The first kappa shape index (κ1) is 18.3. The summed E-state index contributed by atoms with van der Waals surface area (Å²) in [4.78, 5) is 24.6. The van der Waals surface area contributed by atoms with Gasteiger partial charge in [-0.3, -0.25) is 4.79 Å². The lowest BCUT2D eigenvalue weighted by atomic mass is 9.73. The van der Waals surface area contributed by atoms with Crippen molar-refractivity contribution in [3.8, 4) is 0 Å². The Kier molecular flexibility index (Phi) is 5.49. The number of carbonyl (C=O) groups is 2. The van der Waals surface area contributed by atoms with Gasteiger partial charge in [0.1, 0.15) is 5.82 Å². The SMILES string of the molecule is COC(=O)C1=C(C)NC(C)C(C(=O)OC)C1c1cccc(Cl)c1F. The molecule has 24 heavy (non-hydrogen) atoms. The maximum absolute atomic E-state index is 14.6. The first-order chi connectivity index (χ1) is 11.3. The summed E-state index contributed by atoms with van der Waals surface area (Å²) < 4.78 is 24.3. The first-order valence-electron chi connectivity index (χ1n) is 7.40. The van der Waals surface area contributed by atoms with Crippen LogP contribution in [0.5, 0.6) is 0 Å². The van der Waals surface area contributed by atoms with Crippen LogP contribution in [0.3, 0.4) is 0 Å². The third-order valence-electron chi connectivity index (χ3n) is 4.25. The highest BCUT2D eigenvalue weighted by Crippen LogP contribution is 2.42. The molecule has 0 bridgehead atoms. The molecule has 1 aliphatic heterocycles. The number of benzene rings is 1. The molecule has 1 aromatic carbocycles. The second-order valence-electron chi connectivity index (χ2n) is 5.63. The lowest BCUT2D eigenvalue weighted by Gasteiger charge is -2.37. The molecule has 5 nitrogen and oxygen atoms in total. The molecule has 1 heterocycles. The number of ether oxygens (including phenoxy) is 2. The average molecular weight is 356 g/mol. The Hall–Kier alpha value is -2.08. The van der Waals surface area contributed by atoms with Gasteiger partial charge >= 0.3 is 11.9 Å². The molecule has 1 aliphatic rings. The van der Waals surface area contributed by atoms with Gasteiger partial charge in [-0.15, -0.1) is 0 Å². The van der Waals surface area contributed by atoms with E-state index in [9.17, 15) is 14.0 Å². The van der Waals surface area contributed by atoms with Gasteiger partial charge < -0.3 is 14.8 Å². The van der Waals surface area contributed by atoms with E-state index in [1.807, 2.05) is 0 Å². The Morgan fingerprint density at radius 2 is 1.92 bits per heavy atom. The Labute approximate surface area is 144 Å². The van der Waals surface area contributed by atoms with E-state index in [0.717, 1.165) is 0 Å². The van der Waals surface area contributed by atoms with Crippen molar-refractivity contribution in [2.24, 2.45) is 5.92 Å². The monoisotopic (exact) mass is 355 g/mol. The van der Waals surface area contributed by atoms with Crippen LogP contribution in [0.4, 0.5) is 4.39 Å². The summed E-state index contributed by atoms with van der Waals surface area (Å²) in [6.45, 7) is 3.46. The van der Waals surface area contributed by atoms with Crippen LogP contribution in [0.25, 0.3) is 0 Å². The van der Waals surface area contributed by atoms with Crippen molar-refractivity contribution in [1.82, 2.24) is 5.32 Å². The summed E-state index contributed by atoms with van der Waals surface area (Å²) in [5.41, 5.74) is 0.872. The summed E-state index contributed by atoms with van der Waals surface area (Å²) in [5.74, 6) is -3.51. The van der Waals surface area contributed by atoms with Gasteiger partial charge in [-0.1, -0.05) is 23.7 Å². The van der Waals surface area contributed by atoms with Crippen LogP contribution in [-0.2, 0) is 19.1 Å². The molecule has 0 spiro atoms. The quantitative estimate of drug-likeness (QED) is 0.845. The molecule has 7 heteroatoms. The van der Waals surface area contributed by atoms with Gasteiger partial charge in [-0.05, 0) is 25.5 Å². The fourth-order valence-electron chi connectivity index (χ4n) is 3.19. The number of methoxy groups -OCH3 is 2. The van der Waals surface area contributed by atoms with Gasteiger partial charge in [0.05, 0.1) is 30.7 Å². The summed E-state index contributed by atoms with van der Waals surface area (Å²) in [6.07, 6.45) is 0. The van der Waals surface area contributed by atoms with Crippen LogP contribution >= 0.6 is 11.6 Å². The van der Waals surface area contributed by atoms with Crippen molar-refractivity contribution in [3.63, 3.8) is 0 Å². The van der Waals surface area contributed by atoms with Gasteiger partial charge in [0.2, 0.25) is 0 Å². The first-order valence-corrected chi connectivity index (χ1v) is 7.78. The van der Waals surface area contributed by atoms with E-state index < -0.39 is 29.6 Å². The minimum atomic E-state index is -0.861. The molecule has 0 saturated heterocycles. The number of allylic oxidation sites excluding steroid dienone is 1.